The number of alkyl halides is 1. The summed E-state index contributed by atoms with van der Waals surface area (Å²) in [6.45, 7) is 6.80. The quantitative estimate of drug-likeness (QED) is 0.654. The van der Waals surface area contributed by atoms with E-state index < -0.39 is 0 Å². The van der Waals surface area contributed by atoms with Crippen molar-refractivity contribution < 1.29 is 4.39 Å². The molecule has 1 fully saturated rings. The molecule has 1 rings (SSSR count). The topological polar surface area (TPSA) is 3.24 Å². The second-order valence-electron chi connectivity index (χ2n) is 4.40. The monoisotopic (exact) mass is 187 g/mol. The Bertz CT molecular complexity index is 128. The third-order valence-corrected chi connectivity index (χ3v) is 3.13. The molecular weight excluding hydrogens is 165 g/mol. The third kappa shape index (κ3) is 3.63. The van der Waals surface area contributed by atoms with Gasteiger partial charge >= 0.3 is 0 Å². The third-order valence-electron chi connectivity index (χ3n) is 3.13. The van der Waals surface area contributed by atoms with Gasteiger partial charge in [-0.05, 0) is 58.5 Å². The summed E-state index contributed by atoms with van der Waals surface area (Å²) in [5.74, 6) is 0.797. The van der Waals surface area contributed by atoms with E-state index in [2.05, 4.69) is 18.7 Å². The van der Waals surface area contributed by atoms with Gasteiger partial charge in [-0.25, -0.2) is 0 Å². The first kappa shape index (κ1) is 11.0. The Balaban J connectivity index is 2.15. The maximum atomic E-state index is 11.9. The Morgan fingerprint density at radius 3 is 2.38 bits per heavy atom. The molecule has 0 saturated carbocycles. The minimum absolute atomic E-state index is 0.135. The molecule has 1 nitrogen and oxygen atoms in total. The van der Waals surface area contributed by atoms with Gasteiger partial charge in [-0.15, -0.1) is 0 Å². The van der Waals surface area contributed by atoms with Crippen LogP contribution >= 0.6 is 0 Å². The molecule has 0 unspecified atom stereocenters. The molecule has 0 aliphatic carbocycles. The van der Waals surface area contributed by atoms with Crippen LogP contribution in [0.1, 0.15) is 39.5 Å². The van der Waals surface area contributed by atoms with Crippen LogP contribution in [0.3, 0.4) is 0 Å². The van der Waals surface area contributed by atoms with E-state index in [4.69, 9.17) is 0 Å². The number of piperidine rings is 1. The Morgan fingerprint density at radius 1 is 1.31 bits per heavy atom. The zero-order chi connectivity index (χ0) is 9.68. The minimum atomic E-state index is -0.135. The summed E-state index contributed by atoms with van der Waals surface area (Å²) in [6, 6.07) is 0.683. The van der Waals surface area contributed by atoms with Crippen LogP contribution in [0, 0.1) is 5.92 Å². The van der Waals surface area contributed by atoms with Crippen LogP contribution in [0.15, 0.2) is 0 Å². The highest BCUT2D eigenvalue weighted by atomic mass is 19.1. The number of likely N-dealkylation sites (tertiary alicyclic amines) is 1. The van der Waals surface area contributed by atoms with Gasteiger partial charge in [0.2, 0.25) is 0 Å². The highest BCUT2D eigenvalue weighted by Crippen LogP contribution is 2.22. The van der Waals surface area contributed by atoms with Crippen LogP contribution in [0.5, 0.6) is 0 Å². The fraction of sp³-hybridized carbons (Fsp3) is 1.00. The predicted octanol–water partition coefficient (Wildman–Crippen LogP) is 2.86. The first-order valence-corrected chi connectivity index (χ1v) is 5.54. The molecule has 0 amide bonds. The Labute approximate surface area is 81.3 Å². The average molecular weight is 187 g/mol. The van der Waals surface area contributed by atoms with Crippen molar-refractivity contribution in [3.63, 3.8) is 0 Å². The lowest BCUT2D eigenvalue weighted by Gasteiger charge is -2.34. The number of hydrogen-bond acceptors (Lipinski definition) is 1. The van der Waals surface area contributed by atoms with Crippen LogP contribution in [0.2, 0.25) is 0 Å². The van der Waals surface area contributed by atoms with Gasteiger partial charge in [0, 0.05) is 6.04 Å². The van der Waals surface area contributed by atoms with Crippen molar-refractivity contribution >= 4 is 0 Å². The molecule has 1 aliphatic heterocycles. The van der Waals surface area contributed by atoms with Crippen LogP contribution in [-0.2, 0) is 0 Å². The van der Waals surface area contributed by atoms with Crippen LogP contribution in [0.4, 0.5) is 4.39 Å². The smallest absolute Gasteiger partial charge is 0.0894 e. The summed E-state index contributed by atoms with van der Waals surface area (Å²) in [5, 5.41) is 0. The molecule has 13 heavy (non-hydrogen) atoms. The Hall–Kier alpha value is -0.110. The van der Waals surface area contributed by atoms with E-state index in [-0.39, 0.29) is 6.67 Å². The Kier molecular flexibility index (Phi) is 4.71. The molecule has 0 atom stereocenters. The number of hydrogen-bond donors (Lipinski definition) is 0. The van der Waals surface area contributed by atoms with Crippen LogP contribution in [-0.4, -0.2) is 30.7 Å². The normalized spacial score (nSPS) is 21.2. The van der Waals surface area contributed by atoms with Gasteiger partial charge in [0.1, 0.15) is 0 Å². The van der Waals surface area contributed by atoms with Gasteiger partial charge in [0.05, 0.1) is 6.67 Å². The number of halogens is 1. The molecule has 0 bridgehead atoms. The summed E-state index contributed by atoms with van der Waals surface area (Å²) >= 11 is 0. The molecule has 1 aliphatic rings. The SMILES string of the molecule is CC(C)N1CCC(CCCF)CC1. The van der Waals surface area contributed by atoms with E-state index in [1.165, 1.54) is 25.9 Å². The highest BCUT2D eigenvalue weighted by molar-refractivity contribution is 4.74. The molecule has 0 spiro atoms. The van der Waals surface area contributed by atoms with Gasteiger partial charge in [0.15, 0.2) is 0 Å². The van der Waals surface area contributed by atoms with Crippen molar-refractivity contribution in [1.29, 1.82) is 0 Å². The van der Waals surface area contributed by atoms with Crippen molar-refractivity contribution in [2.45, 2.75) is 45.6 Å². The Morgan fingerprint density at radius 2 is 1.92 bits per heavy atom. The van der Waals surface area contributed by atoms with Crippen LogP contribution in [0.25, 0.3) is 0 Å². The lowest BCUT2D eigenvalue weighted by molar-refractivity contribution is 0.143. The number of rotatable bonds is 4. The van der Waals surface area contributed by atoms with E-state index >= 15 is 0 Å². The van der Waals surface area contributed by atoms with Gasteiger partial charge in [-0.2, -0.15) is 0 Å². The largest absolute Gasteiger partial charge is 0.301 e. The van der Waals surface area contributed by atoms with Gasteiger partial charge in [0.25, 0.3) is 0 Å². The first-order chi connectivity index (χ1) is 6.24. The second-order valence-corrected chi connectivity index (χ2v) is 4.40. The van der Waals surface area contributed by atoms with Gasteiger partial charge in [-0.3, -0.25) is 4.39 Å². The molecule has 78 valence electrons. The first-order valence-electron chi connectivity index (χ1n) is 5.54. The summed E-state index contributed by atoms with van der Waals surface area (Å²) in [4.78, 5) is 2.52. The summed E-state index contributed by atoms with van der Waals surface area (Å²) < 4.78 is 11.9. The standard InChI is InChI=1S/C11H22FN/c1-10(2)13-8-5-11(6-9-13)4-3-7-12/h10-11H,3-9H2,1-2H3. The van der Waals surface area contributed by atoms with Gasteiger partial charge in [-0.1, -0.05) is 0 Å². The molecule has 0 aromatic heterocycles. The van der Waals surface area contributed by atoms with Crippen molar-refractivity contribution in [2.75, 3.05) is 19.8 Å². The zero-order valence-corrected chi connectivity index (χ0v) is 8.93. The molecule has 1 saturated heterocycles. The fourth-order valence-electron chi connectivity index (χ4n) is 2.12. The second kappa shape index (κ2) is 5.58. The average Bonchev–Trinajstić information content (AvgIpc) is 2.15. The molecule has 0 aromatic rings. The molecule has 0 N–H and O–H groups in total. The van der Waals surface area contributed by atoms with Crippen molar-refractivity contribution in [3.8, 4) is 0 Å². The number of nitrogens with zero attached hydrogens (tertiary/aromatic N) is 1. The van der Waals surface area contributed by atoms with E-state index in [1.54, 1.807) is 0 Å². The molecule has 2 heteroatoms. The van der Waals surface area contributed by atoms with Crippen molar-refractivity contribution in [2.24, 2.45) is 5.92 Å². The highest BCUT2D eigenvalue weighted by Gasteiger charge is 2.19. The maximum Gasteiger partial charge on any atom is 0.0894 e. The van der Waals surface area contributed by atoms with Crippen molar-refractivity contribution in [3.05, 3.63) is 0 Å². The van der Waals surface area contributed by atoms with E-state index in [1.807, 2.05) is 0 Å². The summed E-state index contributed by atoms with van der Waals surface area (Å²) in [7, 11) is 0. The van der Waals surface area contributed by atoms with E-state index in [0.29, 0.717) is 6.04 Å². The molecular formula is C11H22FN. The van der Waals surface area contributed by atoms with E-state index in [9.17, 15) is 4.39 Å². The van der Waals surface area contributed by atoms with Crippen LogP contribution < -0.4 is 0 Å². The molecule has 0 aromatic carbocycles. The summed E-state index contributed by atoms with van der Waals surface area (Å²) in [6.07, 6.45) is 4.42. The molecule has 0 radical (unpaired) electrons. The lowest BCUT2D eigenvalue weighted by atomic mass is 9.92. The maximum absolute atomic E-state index is 11.9. The summed E-state index contributed by atoms with van der Waals surface area (Å²) in [5.41, 5.74) is 0. The fourth-order valence-corrected chi connectivity index (χ4v) is 2.12. The minimum Gasteiger partial charge on any atom is -0.301 e. The lowest BCUT2D eigenvalue weighted by Crippen LogP contribution is -2.38. The zero-order valence-electron chi connectivity index (χ0n) is 8.93. The van der Waals surface area contributed by atoms with Gasteiger partial charge < -0.3 is 4.90 Å². The van der Waals surface area contributed by atoms with Crippen molar-refractivity contribution in [1.82, 2.24) is 4.90 Å². The predicted molar refractivity (Wildman–Crippen MR) is 54.6 cm³/mol. The van der Waals surface area contributed by atoms with E-state index in [0.717, 1.165) is 18.8 Å². The molecule has 1 heterocycles.